The fraction of sp³-hybridized carbons (Fsp3) is 0.304. The molecule has 0 radical (unpaired) electrons. The summed E-state index contributed by atoms with van der Waals surface area (Å²) in [5.41, 5.74) is 5.29. The number of hydrogen-bond donors (Lipinski definition) is 1. The zero-order valence-electron chi connectivity index (χ0n) is 16.8. The first-order valence-corrected chi connectivity index (χ1v) is 13.8. The van der Waals surface area contributed by atoms with E-state index in [4.69, 9.17) is 0 Å². The lowest BCUT2D eigenvalue weighted by Gasteiger charge is -2.15. The molecular formula is C23H23NO4S2. The Balaban J connectivity index is 1.83. The summed E-state index contributed by atoms with van der Waals surface area (Å²) in [5.74, 6) is 0.756. The van der Waals surface area contributed by atoms with Gasteiger partial charge in [-0.15, -0.1) is 0 Å². The molecule has 0 amide bonds. The van der Waals surface area contributed by atoms with E-state index in [0.29, 0.717) is 32.8 Å². The lowest BCUT2D eigenvalue weighted by Crippen LogP contribution is -2.02. The third-order valence-electron chi connectivity index (χ3n) is 6.44. The zero-order chi connectivity index (χ0) is 21.3. The van der Waals surface area contributed by atoms with Crippen molar-refractivity contribution in [3.63, 3.8) is 0 Å². The molecule has 0 aliphatic heterocycles. The van der Waals surface area contributed by atoms with Crippen LogP contribution < -0.4 is 0 Å². The monoisotopic (exact) mass is 441 g/mol. The second-order valence-corrected chi connectivity index (χ2v) is 12.4. The van der Waals surface area contributed by atoms with E-state index < -0.39 is 19.7 Å². The van der Waals surface area contributed by atoms with Gasteiger partial charge in [-0.25, -0.2) is 16.8 Å². The van der Waals surface area contributed by atoms with Crippen molar-refractivity contribution in [3.05, 3.63) is 59.7 Å². The van der Waals surface area contributed by atoms with Crippen LogP contribution in [0.15, 0.2) is 58.3 Å². The van der Waals surface area contributed by atoms with Crippen LogP contribution in [0.4, 0.5) is 0 Å². The van der Waals surface area contributed by atoms with E-state index in [-0.39, 0.29) is 0 Å². The molecule has 1 fully saturated rings. The first kappa shape index (κ1) is 19.6. The van der Waals surface area contributed by atoms with Gasteiger partial charge in [-0.2, -0.15) is 0 Å². The van der Waals surface area contributed by atoms with Gasteiger partial charge in [-0.05, 0) is 54.4 Å². The summed E-state index contributed by atoms with van der Waals surface area (Å²) >= 11 is 0. The number of hydrogen-bond acceptors (Lipinski definition) is 4. The minimum absolute atomic E-state index is 0.291. The zero-order valence-corrected chi connectivity index (χ0v) is 18.5. The quantitative estimate of drug-likeness (QED) is 0.645. The van der Waals surface area contributed by atoms with E-state index in [1.165, 1.54) is 23.6 Å². The molecule has 0 spiro atoms. The molecular weight excluding hydrogens is 418 g/mol. The van der Waals surface area contributed by atoms with Gasteiger partial charge in [0.1, 0.15) is 0 Å². The molecule has 2 aromatic carbocycles. The number of aromatic nitrogens is 1. The molecule has 5 nitrogen and oxygen atoms in total. The summed E-state index contributed by atoms with van der Waals surface area (Å²) < 4.78 is 49.8. The second-order valence-electron chi connectivity index (χ2n) is 8.45. The standard InChI is InChI=1S/C23H23NO4S2/c1-29(25,26)18-9-5-3-7-16(18)22-20-14-11-12-15(13-14)21(20)23(24-22)17-8-4-6-10-19(17)30(2,27)28/h3-10,14-15,24H,11-13H2,1-2H3. The molecule has 1 aromatic heterocycles. The maximum atomic E-state index is 12.5. The van der Waals surface area contributed by atoms with Gasteiger partial charge in [-0.3, -0.25) is 0 Å². The fourth-order valence-electron chi connectivity index (χ4n) is 5.30. The predicted octanol–water partition coefficient (Wildman–Crippen LogP) is 4.52. The largest absolute Gasteiger partial charge is 0.354 e. The third kappa shape index (κ3) is 2.94. The van der Waals surface area contributed by atoms with Gasteiger partial charge < -0.3 is 4.98 Å². The lowest BCUT2D eigenvalue weighted by atomic mass is 9.89. The molecule has 156 valence electrons. The molecule has 1 heterocycles. The molecule has 2 aliphatic rings. The molecule has 0 saturated heterocycles. The second kappa shape index (κ2) is 6.56. The highest BCUT2D eigenvalue weighted by Gasteiger charge is 2.43. The van der Waals surface area contributed by atoms with E-state index in [1.54, 1.807) is 24.3 Å². The molecule has 1 N–H and O–H groups in total. The Kier molecular flexibility index (Phi) is 4.28. The summed E-state index contributed by atoms with van der Waals surface area (Å²) in [5, 5.41) is 0. The number of sulfone groups is 2. The molecule has 2 unspecified atom stereocenters. The third-order valence-corrected chi connectivity index (χ3v) is 8.75. The highest BCUT2D eigenvalue weighted by atomic mass is 32.2. The summed E-state index contributed by atoms with van der Waals surface area (Å²) in [7, 11) is -6.83. The van der Waals surface area contributed by atoms with Crippen molar-refractivity contribution in [3.8, 4) is 22.5 Å². The molecule has 2 aliphatic carbocycles. The molecule has 3 aromatic rings. The number of H-pyrrole nitrogens is 1. The number of fused-ring (bicyclic) bond motifs is 5. The van der Waals surface area contributed by atoms with Crippen LogP contribution in [0.1, 0.15) is 42.2 Å². The van der Waals surface area contributed by atoms with Crippen molar-refractivity contribution >= 4 is 19.7 Å². The van der Waals surface area contributed by atoms with Gasteiger partial charge in [0.25, 0.3) is 0 Å². The number of benzene rings is 2. The van der Waals surface area contributed by atoms with Crippen LogP contribution in [0.5, 0.6) is 0 Å². The van der Waals surface area contributed by atoms with Crippen LogP contribution in [0.2, 0.25) is 0 Å². The Bertz CT molecular complexity index is 1280. The van der Waals surface area contributed by atoms with E-state index in [9.17, 15) is 16.8 Å². The maximum Gasteiger partial charge on any atom is 0.176 e. The summed E-state index contributed by atoms with van der Waals surface area (Å²) in [6.45, 7) is 0. The average Bonchev–Trinajstić information content (AvgIpc) is 3.39. The van der Waals surface area contributed by atoms with Gasteiger partial charge in [0, 0.05) is 23.6 Å². The lowest BCUT2D eigenvalue weighted by molar-refractivity contribution is 0.600. The van der Waals surface area contributed by atoms with E-state index in [2.05, 4.69) is 4.98 Å². The molecule has 2 atom stereocenters. The van der Waals surface area contributed by atoms with Crippen LogP contribution in [0, 0.1) is 0 Å². The van der Waals surface area contributed by atoms with Crippen LogP contribution in [0.3, 0.4) is 0 Å². The van der Waals surface area contributed by atoms with Crippen LogP contribution >= 0.6 is 0 Å². The number of nitrogens with one attached hydrogen (secondary N) is 1. The Morgan fingerprint density at radius 3 is 1.50 bits per heavy atom. The van der Waals surface area contributed by atoms with Crippen molar-refractivity contribution < 1.29 is 16.8 Å². The van der Waals surface area contributed by atoms with Crippen molar-refractivity contribution in [1.82, 2.24) is 4.98 Å². The predicted molar refractivity (Wildman–Crippen MR) is 117 cm³/mol. The highest BCUT2D eigenvalue weighted by Crippen LogP contribution is 2.59. The van der Waals surface area contributed by atoms with Crippen molar-refractivity contribution in [2.24, 2.45) is 0 Å². The maximum absolute atomic E-state index is 12.5. The van der Waals surface area contributed by atoms with Crippen molar-refractivity contribution in [2.75, 3.05) is 12.5 Å². The van der Waals surface area contributed by atoms with Gasteiger partial charge >= 0.3 is 0 Å². The minimum atomic E-state index is -3.41. The van der Waals surface area contributed by atoms with Gasteiger partial charge in [0.15, 0.2) is 19.7 Å². The van der Waals surface area contributed by atoms with E-state index >= 15 is 0 Å². The van der Waals surface area contributed by atoms with Crippen LogP contribution in [-0.4, -0.2) is 34.3 Å². The van der Waals surface area contributed by atoms with Crippen LogP contribution in [-0.2, 0) is 19.7 Å². The first-order chi connectivity index (χ1) is 14.2. The topological polar surface area (TPSA) is 84.1 Å². The summed E-state index contributed by atoms with van der Waals surface area (Å²) in [6.07, 6.45) is 5.65. The summed E-state index contributed by atoms with van der Waals surface area (Å²) in [4.78, 5) is 4.06. The number of aromatic amines is 1. The molecule has 30 heavy (non-hydrogen) atoms. The SMILES string of the molecule is CS(=O)(=O)c1ccccc1-c1[nH]c(-c2ccccc2S(C)(=O)=O)c2c1C1CCC2C1. The Morgan fingerprint density at radius 2 is 1.10 bits per heavy atom. The molecule has 5 rings (SSSR count). The highest BCUT2D eigenvalue weighted by molar-refractivity contribution is 7.91. The molecule has 7 heteroatoms. The van der Waals surface area contributed by atoms with Gasteiger partial charge in [0.2, 0.25) is 0 Å². The Morgan fingerprint density at radius 1 is 0.700 bits per heavy atom. The first-order valence-electron chi connectivity index (χ1n) is 10.0. The molecule has 2 bridgehead atoms. The van der Waals surface area contributed by atoms with Crippen molar-refractivity contribution in [2.45, 2.75) is 40.9 Å². The number of rotatable bonds is 4. The average molecular weight is 442 g/mol. The summed E-state index contributed by atoms with van der Waals surface area (Å²) in [6, 6.07) is 14.1. The van der Waals surface area contributed by atoms with Gasteiger partial charge in [0.05, 0.1) is 21.2 Å². The molecule has 1 saturated carbocycles. The van der Waals surface area contributed by atoms with E-state index in [1.807, 2.05) is 24.3 Å². The fourth-order valence-corrected chi connectivity index (χ4v) is 7.09. The van der Waals surface area contributed by atoms with Gasteiger partial charge in [-0.1, -0.05) is 36.4 Å². The minimum Gasteiger partial charge on any atom is -0.354 e. The van der Waals surface area contributed by atoms with Crippen LogP contribution in [0.25, 0.3) is 22.5 Å². The van der Waals surface area contributed by atoms with E-state index in [0.717, 1.165) is 30.7 Å². The normalized spacial score (nSPS) is 20.5. The Labute approximate surface area is 177 Å². The Hall–Kier alpha value is -2.38. The smallest absolute Gasteiger partial charge is 0.176 e. The van der Waals surface area contributed by atoms with Crippen molar-refractivity contribution in [1.29, 1.82) is 0 Å².